The topological polar surface area (TPSA) is 50.4 Å². The second-order valence-electron chi connectivity index (χ2n) is 6.56. The van der Waals surface area contributed by atoms with E-state index in [1.807, 2.05) is 0 Å². The zero-order valence-corrected chi connectivity index (χ0v) is 12.9. The lowest BCUT2D eigenvalue weighted by atomic mass is 10.00. The van der Waals surface area contributed by atoms with Gasteiger partial charge in [-0.2, -0.15) is 13.2 Å². The number of hydrogen-bond acceptors (Lipinski definition) is 3. The van der Waals surface area contributed by atoms with Gasteiger partial charge < -0.3 is 15.4 Å². The molecule has 0 bridgehead atoms. The fraction of sp³-hybridized carbons (Fsp3) is 0.929. The lowest BCUT2D eigenvalue weighted by molar-refractivity contribution is -0.189. The number of nitrogens with one attached hydrogen (secondary N) is 2. The average Bonchev–Trinajstić information content (AvgIpc) is 3.05. The van der Waals surface area contributed by atoms with E-state index in [0.717, 1.165) is 0 Å². The molecule has 0 saturated heterocycles. The van der Waals surface area contributed by atoms with E-state index in [9.17, 15) is 18.0 Å². The molecular weight excluding hydrogens is 285 g/mol. The van der Waals surface area contributed by atoms with Gasteiger partial charge in [0.2, 0.25) is 0 Å². The van der Waals surface area contributed by atoms with Crippen LogP contribution in [0.3, 0.4) is 0 Å². The Balaban J connectivity index is 2.00. The molecule has 0 unspecified atom stereocenters. The first kappa shape index (κ1) is 18.1. The number of carbonyl (C=O) groups is 1. The van der Waals surface area contributed by atoms with Crippen LogP contribution in [0, 0.1) is 5.41 Å². The Bertz CT molecular complexity index is 347. The van der Waals surface area contributed by atoms with Crippen molar-refractivity contribution in [3.63, 3.8) is 0 Å². The van der Waals surface area contributed by atoms with Gasteiger partial charge in [-0.05, 0) is 53.0 Å². The lowest BCUT2D eigenvalue weighted by Gasteiger charge is -2.20. The average molecular weight is 310 g/mol. The van der Waals surface area contributed by atoms with Gasteiger partial charge in [-0.15, -0.1) is 0 Å². The normalized spacial score (nSPS) is 17.4. The summed E-state index contributed by atoms with van der Waals surface area (Å²) in [6, 6.07) is 0. The first-order chi connectivity index (χ1) is 9.56. The van der Waals surface area contributed by atoms with Crippen molar-refractivity contribution in [1.29, 1.82) is 0 Å². The summed E-state index contributed by atoms with van der Waals surface area (Å²) in [5.41, 5.74) is -1.95. The maximum Gasteiger partial charge on any atom is 0.407 e. The van der Waals surface area contributed by atoms with E-state index in [-0.39, 0.29) is 19.3 Å². The second kappa shape index (κ2) is 6.85. The maximum absolute atomic E-state index is 12.7. The molecule has 7 heteroatoms. The van der Waals surface area contributed by atoms with Crippen LogP contribution in [0.4, 0.5) is 18.0 Å². The van der Waals surface area contributed by atoms with Gasteiger partial charge >= 0.3 is 12.3 Å². The summed E-state index contributed by atoms with van der Waals surface area (Å²) in [4.78, 5) is 11.3. The molecule has 0 aromatic heterocycles. The molecule has 1 aliphatic rings. The third kappa shape index (κ3) is 6.54. The van der Waals surface area contributed by atoms with Crippen molar-refractivity contribution in [3.05, 3.63) is 0 Å². The van der Waals surface area contributed by atoms with Gasteiger partial charge in [0.15, 0.2) is 0 Å². The van der Waals surface area contributed by atoms with E-state index in [2.05, 4.69) is 10.6 Å². The van der Waals surface area contributed by atoms with Crippen molar-refractivity contribution in [3.8, 4) is 0 Å². The zero-order chi connectivity index (χ0) is 16.1. The van der Waals surface area contributed by atoms with Crippen molar-refractivity contribution in [2.75, 3.05) is 19.6 Å². The summed E-state index contributed by atoms with van der Waals surface area (Å²) >= 11 is 0. The molecule has 1 rings (SSSR count). The van der Waals surface area contributed by atoms with Gasteiger partial charge in [0.05, 0.1) is 5.41 Å². The van der Waals surface area contributed by atoms with Crippen LogP contribution in [0.25, 0.3) is 0 Å². The number of carbonyl (C=O) groups excluding carboxylic acids is 1. The van der Waals surface area contributed by atoms with Gasteiger partial charge in [-0.25, -0.2) is 4.79 Å². The Kier molecular flexibility index (Phi) is 5.90. The highest BCUT2D eigenvalue weighted by Gasteiger charge is 2.62. The van der Waals surface area contributed by atoms with Gasteiger partial charge in [0, 0.05) is 13.1 Å². The van der Waals surface area contributed by atoms with Gasteiger partial charge in [0.25, 0.3) is 0 Å². The number of rotatable bonds is 7. The summed E-state index contributed by atoms with van der Waals surface area (Å²) in [5, 5.41) is 5.60. The van der Waals surface area contributed by atoms with Crippen molar-refractivity contribution < 1.29 is 22.7 Å². The number of ether oxygens (including phenoxy) is 1. The monoisotopic (exact) mass is 310 g/mol. The Morgan fingerprint density at radius 3 is 2.24 bits per heavy atom. The van der Waals surface area contributed by atoms with E-state index in [0.29, 0.717) is 26.1 Å². The Hall–Kier alpha value is -0.980. The minimum absolute atomic E-state index is 0.184. The standard InChI is InChI=1S/C14H25F3N2O2/c1-12(2,3)21-11(20)19-10-9-18-8-4-5-13(6-7-13)14(15,16)17/h18H,4-10H2,1-3H3,(H,19,20). The summed E-state index contributed by atoms with van der Waals surface area (Å²) in [6.45, 7) is 6.75. The largest absolute Gasteiger partial charge is 0.444 e. The van der Waals surface area contributed by atoms with Crippen LogP contribution in [0.2, 0.25) is 0 Å². The number of alkyl halides is 3. The number of halogens is 3. The third-order valence-electron chi connectivity index (χ3n) is 3.43. The zero-order valence-electron chi connectivity index (χ0n) is 12.9. The molecule has 21 heavy (non-hydrogen) atoms. The molecule has 0 spiro atoms. The molecule has 1 saturated carbocycles. The summed E-state index contributed by atoms with van der Waals surface area (Å²) in [7, 11) is 0. The van der Waals surface area contributed by atoms with Crippen LogP contribution >= 0.6 is 0 Å². The highest BCUT2D eigenvalue weighted by molar-refractivity contribution is 5.67. The minimum atomic E-state index is -4.06. The molecule has 0 aromatic rings. The predicted molar refractivity (Wildman–Crippen MR) is 74.1 cm³/mol. The number of amides is 1. The summed E-state index contributed by atoms with van der Waals surface area (Å²) in [6.07, 6.45) is -3.36. The molecule has 1 amide bonds. The molecule has 124 valence electrons. The maximum atomic E-state index is 12.7. The van der Waals surface area contributed by atoms with E-state index >= 15 is 0 Å². The Labute approximate surface area is 123 Å². The van der Waals surface area contributed by atoms with Crippen molar-refractivity contribution >= 4 is 6.09 Å². The Morgan fingerprint density at radius 2 is 1.76 bits per heavy atom. The minimum Gasteiger partial charge on any atom is -0.444 e. The van der Waals surface area contributed by atoms with Gasteiger partial charge in [0.1, 0.15) is 5.60 Å². The quantitative estimate of drug-likeness (QED) is 0.710. The molecule has 1 fully saturated rings. The molecule has 0 atom stereocenters. The lowest BCUT2D eigenvalue weighted by Crippen LogP contribution is -2.36. The fourth-order valence-electron chi connectivity index (χ4n) is 2.07. The smallest absolute Gasteiger partial charge is 0.407 e. The van der Waals surface area contributed by atoms with E-state index in [4.69, 9.17) is 4.74 Å². The molecule has 0 aliphatic heterocycles. The van der Waals surface area contributed by atoms with E-state index in [1.54, 1.807) is 20.8 Å². The first-order valence-corrected chi connectivity index (χ1v) is 7.30. The predicted octanol–water partition coefficient (Wildman–Crippen LogP) is 3.22. The molecular formula is C14H25F3N2O2. The van der Waals surface area contributed by atoms with Crippen LogP contribution < -0.4 is 10.6 Å². The number of alkyl carbamates (subject to hydrolysis) is 1. The molecule has 0 radical (unpaired) electrons. The van der Waals surface area contributed by atoms with Gasteiger partial charge in [-0.1, -0.05) is 0 Å². The van der Waals surface area contributed by atoms with Crippen LogP contribution in [-0.4, -0.2) is 37.5 Å². The highest BCUT2D eigenvalue weighted by Crippen LogP contribution is 2.60. The van der Waals surface area contributed by atoms with Gasteiger partial charge in [-0.3, -0.25) is 0 Å². The van der Waals surface area contributed by atoms with Crippen LogP contribution in [0.5, 0.6) is 0 Å². The first-order valence-electron chi connectivity index (χ1n) is 7.30. The summed E-state index contributed by atoms with van der Waals surface area (Å²) < 4.78 is 43.1. The van der Waals surface area contributed by atoms with Crippen molar-refractivity contribution in [2.24, 2.45) is 5.41 Å². The van der Waals surface area contributed by atoms with E-state index < -0.39 is 23.3 Å². The van der Waals surface area contributed by atoms with Crippen molar-refractivity contribution in [1.82, 2.24) is 10.6 Å². The van der Waals surface area contributed by atoms with Crippen LogP contribution in [0.1, 0.15) is 46.5 Å². The highest BCUT2D eigenvalue weighted by atomic mass is 19.4. The second-order valence-corrected chi connectivity index (χ2v) is 6.56. The Morgan fingerprint density at radius 1 is 1.14 bits per heavy atom. The van der Waals surface area contributed by atoms with Crippen LogP contribution in [-0.2, 0) is 4.74 Å². The fourth-order valence-corrected chi connectivity index (χ4v) is 2.07. The molecule has 0 heterocycles. The number of hydrogen-bond donors (Lipinski definition) is 2. The third-order valence-corrected chi connectivity index (χ3v) is 3.43. The molecule has 2 N–H and O–H groups in total. The van der Waals surface area contributed by atoms with Crippen LogP contribution in [0.15, 0.2) is 0 Å². The van der Waals surface area contributed by atoms with Crippen molar-refractivity contribution in [2.45, 2.75) is 58.2 Å². The molecule has 0 aromatic carbocycles. The molecule has 4 nitrogen and oxygen atoms in total. The summed E-state index contributed by atoms with van der Waals surface area (Å²) in [5.74, 6) is 0. The SMILES string of the molecule is CC(C)(C)OC(=O)NCCNCCCC1(C(F)(F)F)CC1. The van der Waals surface area contributed by atoms with E-state index in [1.165, 1.54) is 0 Å². The molecule has 1 aliphatic carbocycles.